The number of rotatable bonds is 3. The van der Waals surface area contributed by atoms with E-state index in [1.165, 1.54) is 0 Å². The summed E-state index contributed by atoms with van der Waals surface area (Å²) in [4.78, 5) is 0. The fourth-order valence-corrected chi connectivity index (χ4v) is 0.912. The lowest BCUT2D eigenvalue weighted by atomic mass is 10.0. The Morgan fingerprint density at radius 1 is 1.00 bits per heavy atom. The van der Waals surface area contributed by atoms with Gasteiger partial charge in [0.25, 0.3) is 0 Å². The van der Waals surface area contributed by atoms with E-state index in [9.17, 15) is 0 Å². The molecule has 0 aromatic heterocycles. The van der Waals surface area contributed by atoms with E-state index in [1.54, 1.807) is 0 Å². The minimum Gasteiger partial charge on any atom is -0.126 e. The third kappa shape index (κ3) is 2.78. The second-order valence-electron chi connectivity index (χ2n) is 2.26. The van der Waals surface area contributed by atoms with E-state index < -0.39 is 0 Å². The Labute approximate surface area is 61.2 Å². The average molecular weight is 155 g/mol. The molecule has 0 rings (SSSR count). The Bertz CT molecular complexity index is 46.5. The van der Waals surface area contributed by atoms with Crippen LogP contribution in [0, 0.1) is 11.8 Å². The molecule has 8 heavy (non-hydrogen) atoms. The average Bonchev–Trinajstić information content (AvgIpc) is 1.84. The van der Waals surface area contributed by atoms with Gasteiger partial charge in [0.1, 0.15) is 0 Å². The van der Waals surface area contributed by atoms with Crippen molar-refractivity contribution in [3.63, 3.8) is 0 Å². The van der Waals surface area contributed by atoms with E-state index in [-0.39, 0.29) is 0 Å². The molecule has 0 aliphatic rings. The quantitative estimate of drug-likeness (QED) is 0.549. The van der Waals surface area contributed by atoms with Crippen molar-refractivity contribution in [1.82, 2.24) is 0 Å². The molecule has 0 bridgehead atoms. The SMILES string of the molecule is C[C@@H](CCl)[C@@H](C)CCl. The highest BCUT2D eigenvalue weighted by Crippen LogP contribution is 2.13. The van der Waals surface area contributed by atoms with Gasteiger partial charge in [0.15, 0.2) is 0 Å². The van der Waals surface area contributed by atoms with Crippen molar-refractivity contribution >= 4 is 23.2 Å². The van der Waals surface area contributed by atoms with Crippen LogP contribution in [-0.4, -0.2) is 11.8 Å². The molecule has 0 aromatic rings. The first-order chi connectivity index (χ1) is 3.72. The largest absolute Gasteiger partial charge is 0.126 e. The van der Waals surface area contributed by atoms with Crippen molar-refractivity contribution in [2.45, 2.75) is 13.8 Å². The summed E-state index contributed by atoms with van der Waals surface area (Å²) >= 11 is 11.1. The minimum atomic E-state index is 0.550. The molecule has 0 nitrogen and oxygen atoms in total. The molecule has 0 aromatic carbocycles. The first-order valence-corrected chi connectivity index (χ1v) is 3.91. The van der Waals surface area contributed by atoms with Crippen LogP contribution in [0.3, 0.4) is 0 Å². The zero-order valence-electron chi connectivity index (χ0n) is 5.32. The highest BCUT2D eigenvalue weighted by molar-refractivity contribution is 6.19. The highest BCUT2D eigenvalue weighted by atomic mass is 35.5. The number of hydrogen-bond donors (Lipinski definition) is 0. The van der Waals surface area contributed by atoms with E-state index in [1.807, 2.05) is 0 Å². The molecule has 0 aliphatic carbocycles. The maximum atomic E-state index is 5.57. The number of alkyl halides is 2. The van der Waals surface area contributed by atoms with Crippen LogP contribution in [0.2, 0.25) is 0 Å². The molecule has 0 heterocycles. The zero-order valence-corrected chi connectivity index (χ0v) is 6.84. The summed E-state index contributed by atoms with van der Waals surface area (Å²) in [6.45, 7) is 4.22. The summed E-state index contributed by atoms with van der Waals surface area (Å²) < 4.78 is 0. The van der Waals surface area contributed by atoms with Crippen molar-refractivity contribution in [3.05, 3.63) is 0 Å². The molecule has 0 unspecified atom stereocenters. The molecule has 0 radical (unpaired) electrons. The van der Waals surface area contributed by atoms with Gasteiger partial charge in [-0.2, -0.15) is 0 Å². The third-order valence-corrected chi connectivity index (χ3v) is 2.43. The summed E-state index contributed by atoms with van der Waals surface area (Å²) in [5.41, 5.74) is 0. The van der Waals surface area contributed by atoms with Crippen LogP contribution in [-0.2, 0) is 0 Å². The van der Waals surface area contributed by atoms with Gasteiger partial charge in [0.05, 0.1) is 0 Å². The summed E-state index contributed by atoms with van der Waals surface area (Å²) in [6, 6.07) is 0. The minimum absolute atomic E-state index is 0.550. The lowest BCUT2D eigenvalue weighted by Gasteiger charge is -2.12. The molecule has 50 valence electrons. The standard InChI is InChI=1S/C6H12Cl2/c1-5(3-7)6(2)4-8/h5-6H,3-4H2,1-2H3/t5-,6-/m0/s1. The monoisotopic (exact) mass is 154 g/mol. The molecular formula is C6H12Cl2. The summed E-state index contributed by atoms with van der Waals surface area (Å²) in [7, 11) is 0. The van der Waals surface area contributed by atoms with Gasteiger partial charge in [0.2, 0.25) is 0 Å². The zero-order chi connectivity index (χ0) is 6.57. The number of hydrogen-bond acceptors (Lipinski definition) is 0. The van der Waals surface area contributed by atoms with Gasteiger partial charge in [-0.25, -0.2) is 0 Å². The van der Waals surface area contributed by atoms with Gasteiger partial charge < -0.3 is 0 Å². The second kappa shape index (κ2) is 4.46. The van der Waals surface area contributed by atoms with Crippen molar-refractivity contribution in [1.29, 1.82) is 0 Å². The molecular weight excluding hydrogens is 143 g/mol. The van der Waals surface area contributed by atoms with Gasteiger partial charge in [-0.05, 0) is 11.8 Å². The Hall–Kier alpha value is 0.580. The van der Waals surface area contributed by atoms with Gasteiger partial charge in [0, 0.05) is 11.8 Å². The smallest absolute Gasteiger partial charge is 0.0252 e. The van der Waals surface area contributed by atoms with E-state index in [0.717, 1.165) is 0 Å². The van der Waals surface area contributed by atoms with Crippen LogP contribution in [0.15, 0.2) is 0 Å². The molecule has 0 amide bonds. The topological polar surface area (TPSA) is 0 Å². The molecule has 0 saturated carbocycles. The summed E-state index contributed by atoms with van der Waals surface area (Å²) in [5, 5.41) is 0. The maximum Gasteiger partial charge on any atom is 0.0252 e. The van der Waals surface area contributed by atoms with Crippen LogP contribution >= 0.6 is 23.2 Å². The predicted octanol–water partition coefficient (Wildman–Crippen LogP) is 2.74. The fraction of sp³-hybridized carbons (Fsp3) is 1.00. The van der Waals surface area contributed by atoms with Gasteiger partial charge in [-0.15, -0.1) is 23.2 Å². The van der Waals surface area contributed by atoms with Crippen LogP contribution in [0.4, 0.5) is 0 Å². The van der Waals surface area contributed by atoms with E-state index in [4.69, 9.17) is 23.2 Å². The van der Waals surface area contributed by atoms with Crippen LogP contribution in [0.1, 0.15) is 13.8 Å². The molecule has 0 aliphatic heterocycles. The first-order valence-electron chi connectivity index (χ1n) is 2.84. The molecule has 0 N–H and O–H groups in total. The first kappa shape index (κ1) is 8.58. The van der Waals surface area contributed by atoms with Crippen molar-refractivity contribution in [2.75, 3.05) is 11.8 Å². The Balaban J connectivity index is 3.29. The molecule has 2 heteroatoms. The van der Waals surface area contributed by atoms with Gasteiger partial charge in [-0.1, -0.05) is 13.8 Å². The molecule has 0 spiro atoms. The highest BCUT2D eigenvalue weighted by Gasteiger charge is 2.07. The lowest BCUT2D eigenvalue weighted by Crippen LogP contribution is -2.10. The normalized spacial score (nSPS) is 18.0. The third-order valence-electron chi connectivity index (χ3n) is 1.46. The summed E-state index contributed by atoms with van der Waals surface area (Å²) in [6.07, 6.45) is 0. The van der Waals surface area contributed by atoms with Crippen LogP contribution < -0.4 is 0 Å². The van der Waals surface area contributed by atoms with Gasteiger partial charge in [-0.3, -0.25) is 0 Å². The van der Waals surface area contributed by atoms with E-state index in [2.05, 4.69) is 13.8 Å². The second-order valence-corrected chi connectivity index (χ2v) is 2.88. The van der Waals surface area contributed by atoms with Crippen molar-refractivity contribution in [2.24, 2.45) is 11.8 Å². The summed E-state index contributed by atoms with van der Waals surface area (Å²) in [5.74, 6) is 2.53. The molecule has 2 atom stereocenters. The predicted molar refractivity (Wildman–Crippen MR) is 39.8 cm³/mol. The number of halogens is 2. The van der Waals surface area contributed by atoms with Crippen molar-refractivity contribution < 1.29 is 0 Å². The fourth-order valence-electron chi connectivity index (χ4n) is 0.304. The van der Waals surface area contributed by atoms with Crippen LogP contribution in [0.25, 0.3) is 0 Å². The Morgan fingerprint density at radius 2 is 1.25 bits per heavy atom. The van der Waals surface area contributed by atoms with Gasteiger partial charge >= 0.3 is 0 Å². The molecule has 0 fully saturated rings. The van der Waals surface area contributed by atoms with E-state index in [0.29, 0.717) is 23.6 Å². The Morgan fingerprint density at radius 3 is 1.38 bits per heavy atom. The maximum absolute atomic E-state index is 5.57. The lowest BCUT2D eigenvalue weighted by molar-refractivity contribution is 0.467. The van der Waals surface area contributed by atoms with Crippen molar-refractivity contribution in [3.8, 4) is 0 Å². The molecule has 0 saturated heterocycles. The Kier molecular flexibility index (Phi) is 4.78. The van der Waals surface area contributed by atoms with E-state index >= 15 is 0 Å². The van der Waals surface area contributed by atoms with Crippen LogP contribution in [0.5, 0.6) is 0 Å².